The molecule has 3 rings (SSSR count). The number of carbonyl (C=O) groups is 1. The van der Waals surface area contributed by atoms with Gasteiger partial charge in [-0.3, -0.25) is 9.69 Å². The molecular formula is C18H27N3O2. The second-order valence-corrected chi connectivity index (χ2v) is 6.47. The highest BCUT2D eigenvalue weighted by Gasteiger charge is 2.20. The molecule has 1 aromatic rings. The lowest BCUT2D eigenvalue weighted by molar-refractivity contribution is -0.125. The van der Waals surface area contributed by atoms with Crippen LogP contribution in [0.3, 0.4) is 0 Å². The van der Waals surface area contributed by atoms with Crippen LogP contribution >= 0.6 is 0 Å². The standard InChI is InChI=1S/C18H27N3O2/c22-18(17-2-1-7-19-13-17)20-12-15-3-5-16(6-4-15)14-21-8-10-23-11-9-21/h3-6,17,19H,1-2,7-14H2,(H,20,22)/t17-/m1/s1. The first-order valence-corrected chi connectivity index (χ1v) is 8.67. The van der Waals surface area contributed by atoms with Crippen LogP contribution in [-0.2, 0) is 22.6 Å². The number of amides is 1. The summed E-state index contributed by atoms with van der Waals surface area (Å²) in [6, 6.07) is 8.57. The maximum atomic E-state index is 12.1. The Bertz CT molecular complexity index is 491. The summed E-state index contributed by atoms with van der Waals surface area (Å²) in [5, 5.41) is 6.35. The maximum Gasteiger partial charge on any atom is 0.224 e. The Balaban J connectivity index is 1.44. The number of hydrogen-bond donors (Lipinski definition) is 2. The predicted octanol–water partition coefficient (Wildman–Crippen LogP) is 1.13. The van der Waals surface area contributed by atoms with Gasteiger partial charge < -0.3 is 15.4 Å². The molecule has 1 aromatic carbocycles. The van der Waals surface area contributed by atoms with Crippen LogP contribution < -0.4 is 10.6 Å². The van der Waals surface area contributed by atoms with Crippen molar-refractivity contribution in [2.24, 2.45) is 5.92 Å². The van der Waals surface area contributed by atoms with Gasteiger partial charge in [-0.1, -0.05) is 24.3 Å². The number of ether oxygens (including phenoxy) is 1. The van der Waals surface area contributed by atoms with Gasteiger partial charge in [0.25, 0.3) is 0 Å². The molecule has 0 radical (unpaired) electrons. The van der Waals surface area contributed by atoms with Gasteiger partial charge in [0.2, 0.25) is 5.91 Å². The summed E-state index contributed by atoms with van der Waals surface area (Å²) in [5.41, 5.74) is 2.48. The number of nitrogens with one attached hydrogen (secondary N) is 2. The minimum Gasteiger partial charge on any atom is -0.379 e. The molecule has 126 valence electrons. The largest absolute Gasteiger partial charge is 0.379 e. The van der Waals surface area contributed by atoms with Gasteiger partial charge in [0.15, 0.2) is 0 Å². The van der Waals surface area contributed by atoms with Crippen LogP contribution in [0.4, 0.5) is 0 Å². The molecule has 23 heavy (non-hydrogen) atoms. The zero-order valence-corrected chi connectivity index (χ0v) is 13.7. The third kappa shape index (κ3) is 5.03. The maximum absolute atomic E-state index is 12.1. The molecule has 5 nitrogen and oxygen atoms in total. The van der Waals surface area contributed by atoms with E-state index in [1.165, 1.54) is 5.56 Å². The van der Waals surface area contributed by atoms with Gasteiger partial charge in [-0.25, -0.2) is 0 Å². The van der Waals surface area contributed by atoms with Crippen LogP contribution in [0.2, 0.25) is 0 Å². The molecule has 1 amide bonds. The Hall–Kier alpha value is -1.43. The fourth-order valence-corrected chi connectivity index (χ4v) is 3.19. The Labute approximate surface area is 138 Å². The first kappa shape index (κ1) is 16.4. The van der Waals surface area contributed by atoms with E-state index in [0.29, 0.717) is 6.54 Å². The Morgan fingerprint density at radius 3 is 2.65 bits per heavy atom. The van der Waals surface area contributed by atoms with Crippen molar-refractivity contribution in [3.8, 4) is 0 Å². The van der Waals surface area contributed by atoms with Crippen LogP contribution in [0.1, 0.15) is 24.0 Å². The topological polar surface area (TPSA) is 53.6 Å². The van der Waals surface area contributed by atoms with Gasteiger partial charge in [-0.15, -0.1) is 0 Å². The summed E-state index contributed by atoms with van der Waals surface area (Å²) < 4.78 is 5.37. The average molecular weight is 317 g/mol. The molecule has 0 unspecified atom stereocenters. The van der Waals surface area contributed by atoms with Gasteiger partial charge in [0, 0.05) is 32.7 Å². The van der Waals surface area contributed by atoms with Crippen molar-refractivity contribution in [1.82, 2.24) is 15.5 Å². The Kier molecular flexibility index (Phi) is 6.02. The van der Waals surface area contributed by atoms with E-state index in [0.717, 1.165) is 64.3 Å². The molecule has 5 heteroatoms. The lowest BCUT2D eigenvalue weighted by Crippen LogP contribution is -2.40. The molecule has 1 atom stereocenters. The second kappa shape index (κ2) is 8.43. The lowest BCUT2D eigenvalue weighted by Gasteiger charge is -2.26. The molecule has 2 aliphatic heterocycles. The number of morpholine rings is 1. The van der Waals surface area contributed by atoms with Gasteiger partial charge in [-0.2, -0.15) is 0 Å². The third-order valence-corrected chi connectivity index (χ3v) is 4.67. The predicted molar refractivity (Wildman–Crippen MR) is 90.0 cm³/mol. The molecule has 0 saturated carbocycles. The van der Waals surface area contributed by atoms with Crippen molar-refractivity contribution in [3.63, 3.8) is 0 Å². The minimum absolute atomic E-state index is 0.129. The van der Waals surface area contributed by atoms with Crippen molar-refractivity contribution in [1.29, 1.82) is 0 Å². The van der Waals surface area contributed by atoms with E-state index < -0.39 is 0 Å². The highest BCUT2D eigenvalue weighted by atomic mass is 16.5. The summed E-state index contributed by atoms with van der Waals surface area (Å²) in [7, 11) is 0. The first-order chi connectivity index (χ1) is 11.3. The molecule has 0 aromatic heterocycles. The third-order valence-electron chi connectivity index (χ3n) is 4.67. The minimum atomic E-state index is 0.129. The highest BCUT2D eigenvalue weighted by Crippen LogP contribution is 2.11. The van der Waals surface area contributed by atoms with Crippen LogP contribution in [-0.4, -0.2) is 50.2 Å². The Morgan fingerprint density at radius 1 is 1.22 bits per heavy atom. The summed E-state index contributed by atoms with van der Waals surface area (Å²) >= 11 is 0. The highest BCUT2D eigenvalue weighted by molar-refractivity contribution is 5.78. The molecule has 2 heterocycles. The van der Waals surface area contributed by atoms with E-state index in [4.69, 9.17) is 4.74 Å². The molecule has 2 aliphatic rings. The van der Waals surface area contributed by atoms with E-state index in [2.05, 4.69) is 39.8 Å². The molecular weight excluding hydrogens is 290 g/mol. The second-order valence-electron chi connectivity index (χ2n) is 6.47. The summed E-state index contributed by atoms with van der Waals surface area (Å²) in [4.78, 5) is 14.5. The van der Waals surface area contributed by atoms with Gasteiger partial charge >= 0.3 is 0 Å². The van der Waals surface area contributed by atoms with Crippen molar-refractivity contribution in [2.45, 2.75) is 25.9 Å². The van der Waals surface area contributed by atoms with E-state index >= 15 is 0 Å². The molecule has 0 bridgehead atoms. The summed E-state index contributed by atoms with van der Waals surface area (Å²) in [5.74, 6) is 0.305. The van der Waals surface area contributed by atoms with E-state index in [1.807, 2.05) is 0 Å². The summed E-state index contributed by atoms with van der Waals surface area (Å²) in [6.45, 7) is 7.12. The van der Waals surface area contributed by atoms with Gasteiger partial charge in [-0.05, 0) is 30.5 Å². The average Bonchev–Trinajstić information content (AvgIpc) is 2.62. The number of hydrogen-bond acceptors (Lipinski definition) is 4. The number of nitrogens with zero attached hydrogens (tertiary/aromatic N) is 1. The fourth-order valence-electron chi connectivity index (χ4n) is 3.19. The van der Waals surface area contributed by atoms with Crippen LogP contribution in [0.25, 0.3) is 0 Å². The number of rotatable bonds is 5. The monoisotopic (exact) mass is 317 g/mol. The summed E-state index contributed by atoms with van der Waals surface area (Å²) in [6.07, 6.45) is 2.09. The molecule has 2 N–H and O–H groups in total. The smallest absolute Gasteiger partial charge is 0.224 e. The van der Waals surface area contributed by atoms with Crippen molar-refractivity contribution >= 4 is 5.91 Å². The van der Waals surface area contributed by atoms with Crippen molar-refractivity contribution < 1.29 is 9.53 Å². The number of carbonyl (C=O) groups excluding carboxylic acids is 1. The zero-order valence-electron chi connectivity index (χ0n) is 13.7. The molecule has 0 aliphatic carbocycles. The molecule has 2 saturated heterocycles. The SMILES string of the molecule is O=C(NCc1ccc(CN2CCOCC2)cc1)[C@@H]1CCCNC1. The molecule has 2 fully saturated rings. The van der Waals surface area contributed by atoms with E-state index in [-0.39, 0.29) is 11.8 Å². The lowest BCUT2D eigenvalue weighted by atomic mass is 9.99. The van der Waals surface area contributed by atoms with Gasteiger partial charge in [0.1, 0.15) is 0 Å². The van der Waals surface area contributed by atoms with Crippen molar-refractivity contribution in [3.05, 3.63) is 35.4 Å². The quantitative estimate of drug-likeness (QED) is 0.855. The van der Waals surface area contributed by atoms with Crippen LogP contribution in [0.15, 0.2) is 24.3 Å². The van der Waals surface area contributed by atoms with Crippen molar-refractivity contribution in [2.75, 3.05) is 39.4 Å². The van der Waals surface area contributed by atoms with Crippen LogP contribution in [0.5, 0.6) is 0 Å². The van der Waals surface area contributed by atoms with Crippen LogP contribution in [0, 0.1) is 5.92 Å². The first-order valence-electron chi connectivity index (χ1n) is 8.67. The Morgan fingerprint density at radius 2 is 1.96 bits per heavy atom. The van der Waals surface area contributed by atoms with Gasteiger partial charge in [0.05, 0.1) is 19.1 Å². The normalized spacial score (nSPS) is 22.7. The fraction of sp³-hybridized carbons (Fsp3) is 0.611. The zero-order chi connectivity index (χ0) is 15.9. The van der Waals surface area contributed by atoms with E-state index in [1.54, 1.807) is 0 Å². The molecule has 0 spiro atoms. The number of piperidine rings is 1. The number of benzene rings is 1. The van der Waals surface area contributed by atoms with E-state index in [9.17, 15) is 4.79 Å².